The van der Waals surface area contributed by atoms with Crippen LogP contribution in [0.3, 0.4) is 0 Å². The van der Waals surface area contributed by atoms with Gasteiger partial charge in [-0.2, -0.15) is 0 Å². The molecule has 5 nitrogen and oxygen atoms in total. The summed E-state index contributed by atoms with van der Waals surface area (Å²) < 4.78 is 14.1. The molecule has 1 aromatic carbocycles. The average Bonchev–Trinajstić information content (AvgIpc) is 2.63. The molecule has 0 aliphatic rings. The standard InChI is InChI=1S/C18H12FN5/c19-14-6-2-1-4-12(14)15-10-16(23-17-7-9-20-11-22-17)13-5-3-8-21-18(13)24-15/h1-11H,(H,20,21,22,23,24). The number of hydrogen-bond donors (Lipinski definition) is 1. The van der Waals surface area contributed by atoms with Gasteiger partial charge in [0.25, 0.3) is 0 Å². The molecule has 3 heterocycles. The second-order valence-corrected chi connectivity index (χ2v) is 5.13. The van der Waals surface area contributed by atoms with E-state index in [4.69, 9.17) is 0 Å². The molecule has 4 aromatic rings. The van der Waals surface area contributed by atoms with E-state index in [2.05, 4.69) is 25.3 Å². The van der Waals surface area contributed by atoms with Crippen LogP contribution >= 0.6 is 0 Å². The van der Waals surface area contributed by atoms with Crippen LogP contribution in [-0.4, -0.2) is 19.9 Å². The number of anilines is 2. The molecular formula is C18H12FN5. The molecule has 24 heavy (non-hydrogen) atoms. The third kappa shape index (κ3) is 2.65. The lowest BCUT2D eigenvalue weighted by Crippen LogP contribution is -1.98. The summed E-state index contributed by atoms with van der Waals surface area (Å²) in [6.45, 7) is 0. The van der Waals surface area contributed by atoms with Gasteiger partial charge in [0.15, 0.2) is 5.65 Å². The summed E-state index contributed by atoms with van der Waals surface area (Å²) >= 11 is 0. The smallest absolute Gasteiger partial charge is 0.161 e. The van der Waals surface area contributed by atoms with Crippen molar-refractivity contribution in [1.29, 1.82) is 0 Å². The zero-order valence-electron chi connectivity index (χ0n) is 12.5. The molecule has 3 aromatic heterocycles. The summed E-state index contributed by atoms with van der Waals surface area (Å²) in [7, 11) is 0. The molecular weight excluding hydrogens is 305 g/mol. The quantitative estimate of drug-likeness (QED) is 0.619. The highest BCUT2D eigenvalue weighted by Crippen LogP contribution is 2.30. The Balaban J connectivity index is 1.90. The van der Waals surface area contributed by atoms with Crippen LogP contribution in [0.2, 0.25) is 0 Å². The highest BCUT2D eigenvalue weighted by molar-refractivity contribution is 5.93. The van der Waals surface area contributed by atoms with Gasteiger partial charge in [-0.25, -0.2) is 24.3 Å². The van der Waals surface area contributed by atoms with E-state index in [1.807, 2.05) is 12.1 Å². The normalized spacial score (nSPS) is 10.7. The first-order chi connectivity index (χ1) is 11.8. The largest absolute Gasteiger partial charge is 0.339 e. The lowest BCUT2D eigenvalue weighted by atomic mass is 10.1. The van der Waals surface area contributed by atoms with Gasteiger partial charge >= 0.3 is 0 Å². The minimum atomic E-state index is -0.326. The van der Waals surface area contributed by atoms with Crippen molar-refractivity contribution in [1.82, 2.24) is 19.9 Å². The predicted octanol–water partition coefficient (Wildman–Crippen LogP) is 3.97. The molecule has 1 N–H and O–H groups in total. The van der Waals surface area contributed by atoms with Crippen molar-refractivity contribution in [3.8, 4) is 11.3 Å². The number of aromatic nitrogens is 4. The lowest BCUT2D eigenvalue weighted by Gasteiger charge is -2.11. The fraction of sp³-hybridized carbons (Fsp3) is 0. The fourth-order valence-electron chi connectivity index (χ4n) is 2.47. The van der Waals surface area contributed by atoms with E-state index in [1.165, 1.54) is 12.4 Å². The van der Waals surface area contributed by atoms with Crippen LogP contribution in [0, 0.1) is 5.82 Å². The van der Waals surface area contributed by atoms with E-state index in [0.29, 0.717) is 22.7 Å². The molecule has 0 saturated carbocycles. The molecule has 4 rings (SSSR count). The minimum absolute atomic E-state index is 0.326. The Morgan fingerprint density at radius 2 is 1.83 bits per heavy atom. The molecule has 0 aliphatic heterocycles. The molecule has 6 heteroatoms. The van der Waals surface area contributed by atoms with E-state index in [1.54, 1.807) is 42.7 Å². The lowest BCUT2D eigenvalue weighted by molar-refractivity contribution is 0.631. The number of hydrogen-bond acceptors (Lipinski definition) is 5. The van der Waals surface area contributed by atoms with Gasteiger partial charge in [-0.15, -0.1) is 0 Å². The Labute approximate surface area is 137 Å². The Morgan fingerprint density at radius 1 is 0.917 bits per heavy atom. The van der Waals surface area contributed by atoms with E-state index in [-0.39, 0.29) is 5.82 Å². The minimum Gasteiger partial charge on any atom is -0.339 e. The summed E-state index contributed by atoms with van der Waals surface area (Å²) in [5, 5.41) is 4.05. The van der Waals surface area contributed by atoms with Gasteiger partial charge in [-0.05, 0) is 36.4 Å². The predicted molar refractivity (Wildman–Crippen MR) is 90.2 cm³/mol. The van der Waals surface area contributed by atoms with Gasteiger partial charge in [-0.1, -0.05) is 12.1 Å². The van der Waals surface area contributed by atoms with Crippen LogP contribution in [0.1, 0.15) is 0 Å². The average molecular weight is 317 g/mol. The zero-order chi connectivity index (χ0) is 16.4. The molecule has 0 bridgehead atoms. The number of rotatable bonds is 3. The van der Waals surface area contributed by atoms with Crippen molar-refractivity contribution in [3.05, 3.63) is 73.1 Å². The second kappa shape index (κ2) is 6.00. The van der Waals surface area contributed by atoms with E-state index < -0.39 is 0 Å². The van der Waals surface area contributed by atoms with Crippen LogP contribution in [0.5, 0.6) is 0 Å². The Morgan fingerprint density at radius 3 is 2.67 bits per heavy atom. The summed E-state index contributed by atoms with van der Waals surface area (Å²) in [5.41, 5.74) is 2.23. The van der Waals surface area contributed by atoms with Crippen molar-refractivity contribution >= 4 is 22.5 Å². The van der Waals surface area contributed by atoms with Gasteiger partial charge in [0.2, 0.25) is 0 Å². The van der Waals surface area contributed by atoms with Crippen LogP contribution in [-0.2, 0) is 0 Å². The van der Waals surface area contributed by atoms with Crippen LogP contribution in [0.15, 0.2) is 67.3 Å². The maximum Gasteiger partial charge on any atom is 0.161 e. The monoisotopic (exact) mass is 317 g/mol. The molecule has 0 amide bonds. The van der Waals surface area contributed by atoms with Crippen molar-refractivity contribution < 1.29 is 4.39 Å². The first-order valence-electron chi connectivity index (χ1n) is 7.35. The fourth-order valence-corrected chi connectivity index (χ4v) is 2.47. The summed E-state index contributed by atoms with van der Waals surface area (Å²) in [6.07, 6.45) is 4.77. The highest BCUT2D eigenvalue weighted by Gasteiger charge is 2.11. The van der Waals surface area contributed by atoms with Crippen LogP contribution < -0.4 is 5.32 Å². The van der Waals surface area contributed by atoms with Gasteiger partial charge in [-0.3, -0.25) is 0 Å². The highest BCUT2D eigenvalue weighted by atomic mass is 19.1. The van der Waals surface area contributed by atoms with Crippen LogP contribution in [0.4, 0.5) is 15.9 Å². The topological polar surface area (TPSA) is 63.6 Å². The molecule has 0 aliphatic carbocycles. The second-order valence-electron chi connectivity index (χ2n) is 5.13. The van der Waals surface area contributed by atoms with Crippen LogP contribution in [0.25, 0.3) is 22.3 Å². The number of nitrogens with zero attached hydrogens (tertiary/aromatic N) is 4. The van der Waals surface area contributed by atoms with Gasteiger partial charge in [0, 0.05) is 23.3 Å². The van der Waals surface area contributed by atoms with Crippen molar-refractivity contribution in [2.75, 3.05) is 5.32 Å². The third-order valence-corrected chi connectivity index (χ3v) is 3.58. The summed E-state index contributed by atoms with van der Waals surface area (Å²) in [4.78, 5) is 16.8. The number of fused-ring (bicyclic) bond motifs is 1. The summed E-state index contributed by atoms with van der Waals surface area (Å²) in [5.74, 6) is 0.314. The number of halogens is 1. The van der Waals surface area contributed by atoms with E-state index >= 15 is 0 Å². The van der Waals surface area contributed by atoms with E-state index in [0.717, 1.165) is 11.1 Å². The summed E-state index contributed by atoms with van der Waals surface area (Å²) in [6, 6.07) is 13.8. The zero-order valence-corrected chi connectivity index (χ0v) is 12.5. The Hall–Kier alpha value is -3.41. The molecule has 0 spiro atoms. The molecule has 0 unspecified atom stereocenters. The Kier molecular flexibility index (Phi) is 3.55. The first kappa shape index (κ1) is 14.2. The SMILES string of the molecule is Fc1ccccc1-c1cc(Nc2ccncn2)c2cccnc2n1. The van der Waals surface area contributed by atoms with Gasteiger partial charge in [0.05, 0.1) is 11.4 Å². The molecule has 116 valence electrons. The number of pyridine rings is 2. The van der Waals surface area contributed by atoms with E-state index in [9.17, 15) is 4.39 Å². The molecule has 0 atom stereocenters. The third-order valence-electron chi connectivity index (χ3n) is 3.58. The molecule has 0 saturated heterocycles. The first-order valence-corrected chi connectivity index (χ1v) is 7.35. The van der Waals surface area contributed by atoms with Crippen molar-refractivity contribution in [3.63, 3.8) is 0 Å². The Bertz CT molecular complexity index is 1000. The maximum atomic E-state index is 14.1. The molecule has 0 radical (unpaired) electrons. The molecule has 0 fully saturated rings. The number of benzene rings is 1. The van der Waals surface area contributed by atoms with Crippen molar-refractivity contribution in [2.24, 2.45) is 0 Å². The number of nitrogens with one attached hydrogen (secondary N) is 1. The van der Waals surface area contributed by atoms with Crippen molar-refractivity contribution in [2.45, 2.75) is 0 Å². The van der Waals surface area contributed by atoms with Gasteiger partial charge < -0.3 is 5.32 Å². The maximum absolute atomic E-state index is 14.1. The van der Waals surface area contributed by atoms with Gasteiger partial charge in [0.1, 0.15) is 18.0 Å².